The van der Waals surface area contributed by atoms with Crippen molar-refractivity contribution in [2.75, 3.05) is 0 Å². The van der Waals surface area contributed by atoms with Crippen LogP contribution in [0.5, 0.6) is 0 Å². The Hall–Kier alpha value is -1.17. The van der Waals surface area contributed by atoms with Crippen LogP contribution in [0.3, 0.4) is 0 Å². The summed E-state index contributed by atoms with van der Waals surface area (Å²) in [5, 5.41) is 0. The maximum Gasteiger partial charge on any atom is 0.196 e. The van der Waals surface area contributed by atoms with Crippen LogP contribution in [0.2, 0.25) is 0 Å². The molecule has 18 heavy (non-hydrogen) atoms. The van der Waals surface area contributed by atoms with E-state index in [0.29, 0.717) is 10.5 Å². The number of hydrogen-bond donors (Lipinski definition) is 0. The van der Waals surface area contributed by atoms with Gasteiger partial charge < -0.3 is 4.55 Å². The van der Waals surface area contributed by atoms with Crippen molar-refractivity contribution in [1.82, 2.24) is 0 Å². The lowest BCUT2D eigenvalue weighted by atomic mass is 10.2. The van der Waals surface area contributed by atoms with Gasteiger partial charge in [-0.05, 0) is 45.8 Å². The Kier molecular flexibility index (Phi) is 4.52. The van der Waals surface area contributed by atoms with Gasteiger partial charge in [0.2, 0.25) is 0 Å². The summed E-state index contributed by atoms with van der Waals surface area (Å²) in [4.78, 5) is 0.607. The fourth-order valence-corrected chi connectivity index (χ4v) is 2.76. The minimum absolute atomic E-state index is 0.306. The van der Waals surface area contributed by atoms with Crippen LogP contribution in [0.4, 0.5) is 4.39 Å². The molecule has 0 aliphatic rings. The zero-order valence-corrected chi connectivity index (χ0v) is 11.6. The predicted molar refractivity (Wildman–Crippen MR) is 74.5 cm³/mol. The lowest BCUT2D eigenvalue weighted by Crippen LogP contribution is -1.98. The molecular formula is C13H9BrFNOS. The number of halogens is 2. The van der Waals surface area contributed by atoms with Gasteiger partial charge in [0, 0.05) is 0 Å². The van der Waals surface area contributed by atoms with Crippen molar-refractivity contribution >= 4 is 33.5 Å². The van der Waals surface area contributed by atoms with Crippen molar-refractivity contribution in [1.29, 1.82) is 0 Å². The lowest BCUT2D eigenvalue weighted by molar-refractivity contribution is 0.596. The van der Waals surface area contributed by atoms with E-state index in [-0.39, 0.29) is 5.82 Å². The highest BCUT2D eigenvalue weighted by molar-refractivity contribution is 9.10. The van der Waals surface area contributed by atoms with Gasteiger partial charge in [-0.3, -0.25) is 0 Å². The molecule has 5 heteroatoms. The summed E-state index contributed by atoms with van der Waals surface area (Å²) >= 11 is 1.84. The summed E-state index contributed by atoms with van der Waals surface area (Å²) in [5.74, 6) is -0.306. The molecule has 2 aromatic carbocycles. The largest absolute Gasteiger partial charge is 0.586 e. The number of hydrogen-bond acceptors (Lipinski definition) is 2. The normalized spacial score (nSPS) is 12.8. The van der Waals surface area contributed by atoms with Gasteiger partial charge >= 0.3 is 0 Å². The molecule has 0 aliphatic heterocycles. The maximum absolute atomic E-state index is 12.7. The van der Waals surface area contributed by atoms with Gasteiger partial charge in [-0.1, -0.05) is 28.7 Å². The van der Waals surface area contributed by atoms with E-state index in [0.717, 1.165) is 4.47 Å². The fourth-order valence-electron chi connectivity index (χ4n) is 1.30. The van der Waals surface area contributed by atoms with Gasteiger partial charge in [0.15, 0.2) is 4.90 Å². The molecule has 0 amide bonds. The molecule has 0 N–H and O–H groups in total. The van der Waals surface area contributed by atoms with Crippen molar-refractivity contribution in [3.05, 3.63) is 64.4 Å². The number of nitrogens with zero attached hydrogens (tertiary/aromatic N) is 1. The van der Waals surface area contributed by atoms with Crippen LogP contribution in [0.15, 0.2) is 62.3 Å². The second-order valence-electron chi connectivity index (χ2n) is 3.47. The zero-order chi connectivity index (χ0) is 13.0. The molecule has 0 radical (unpaired) electrons. The molecule has 2 rings (SSSR count). The number of benzene rings is 2. The molecule has 0 aliphatic carbocycles. The second kappa shape index (κ2) is 6.13. The Labute approximate surface area is 116 Å². The van der Waals surface area contributed by atoms with Gasteiger partial charge in [-0.15, -0.1) is 0 Å². The van der Waals surface area contributed by atoms with Gasteiger partial charge in [0.25, 0.3) is 0 Å². The third kappa shape index (κ3) is 3.41. The van der Waals surface area contributed by atoms with E-state index in [1.54, 1.807) is 30.3 Å². The van der Waals surface area contributed by atoms with Crippen LogP contribution in [0.1, 0.15) is 5.56 Å². The Morgan fingerprint density at radius 3 is 2.44 bits per heavy atom. The number of rotatable bonds is 3. The van der Waals surface area contributed by atoms with Gasteiger partial charge in [0.05, 0.1) is 10.7 Å². The molecule has 92 valence electrons. The molecule has 2 aromatic rings. The monoisotopic (exact) mass is 325 g/mol. The molecule has 1 unspecified atom stereocenters. The minimum atomic E-state index is -1.47. The second-order valence-corrected chi connectivity index (χ2v) is 5.47. The summed E-state index contributed by atoms with van der Waals surface area (Å²) in [5.41, 5.74) is 0.705. The van der Waals surface area contributed by atoms with E-state index < -0.39 is 11.4 Å². The first-order chi connectivity index (χ1) is 8.66. The first-order valence-corrected chi connectivity index (χ1v) is 7.03. The predicted octanol–water partition coefficient (Wildman–Crippen LogP) is 3.73. The third-order valence-electron chi connectivity index (χ3n) is 2.19. The van der Waals surface area contributed by atoms with Crippen LogP contribution in [0, 0.1) is 5.82 Å². The molecule has 0 spiro atoms. The van der Waals surface area contributed by atoms with Gasteiger partial charge in [-0.2, -0.15) is 0 Å². The van der Waals surface area contributed by atoms with Crippen LogP contribution in [0.25, 0.3) is 0 Å². The highest BCUT2D eigenvalue weighted by Crippen LogP contribution is 2.22. The van der Waals surface area contributed by atoms with Crippen LogP contribution >= 0.6 is 15.9 Å². The average molecular weight is 326 g/mol. The maximum atomic E-state index is 12.7. The topological polar surface area (TPSA) is 35.4 Å². The Balaban J connectivity index is 2.14. The molecule has 0 heterocycles. The Bertz CT molecular complexity index is 559. The minimum Gasteiger partial charge on any atom is -0.586 e. The average Bonchev–Trinajstić information content (AvgIpc) is 2.38. The summed E-state index contributed by atoms with van der Waals surface area (Å²) in [6.07, 6.45) is 1.47. The first kappa shape index (κ1) is 13.3. The molecule has 0 saturated heterocycles. The van der Waals surface area contributed by atoms with Gasteiger partial charge in [-0.25, -0.2) is 4.39 Å². The van der Waals surface area contributed by atoms with Crippen LogP contribution < -0.4 is 0 Å². The van der Waals surface area contributed by atoms with E-state index in [2.05, 4.69) is 20.3 Å². The highest BCUT2D eigenvalue weighted by atomic mass is 79.9. The van der Waals surface area contributed by atoms with Crippen LogP contribution in [-0.4, -0.2) is 10.8 Å². The molecule has 2 nitrogen and oxygen atoms in total. The molecular weight excluding hydrogens is 317 g/mol. The molecule has 0 fully saturated rings. The zero-order valence-electron chi connectivity index (χ0n) is 9.22. The van der Waals surface area contributed by atoms with Crippen molar-refractivity contribution < 1.29 is 8.94 Å². The van der Waals surface area contributed by atoms with Crippen LogP contribution in [-0.2, 0) is 11.4 Å². The summed E-state index contributed by atoms with van der Waals surface area (Å²) in [6, 6.07) is 13.0. The molecule has 0 saturated carbocycles. The summed E-state index contributed by atoms with van der Waals surface area (Å²) in [7, 11) is 0. The first-order valence-electron chi connectivity index (χ1n) is 5.13. The molecule has 0 aromatic heterocycles. The van der Waals surface area contributed by atoms with E-state index in [4.69, 9.17) is 0 Å². The SMILES string of the molecule is [O-][S+](N=Cc1ccc(F)cc1)c1ccccc1Br. The summed E-state index contributed by atoms with van der Waals surface area (Å²) < 4.78 is 29.3. The fraction of sp³-hybridized carbons (Fsp3) is 0. The van der Waals surface area contributed by atoms with Crippen molar-refractivity contribution in [2.24, 2.45) is 4.40 Å². The van der Waals surface area contributed by atoms with E-state index in [1.807, 2.05) is 6.07 Å². The lowest BCUT2D eigenvalue weighted by Gasteiger charge is -2.03. The molecule has 0 bridgehead atoms. The van der Waals surface area contributed by atoms with Crippen molar-refractivity contribution in [3.8, 4) is 0 Å². The standard InChI is InChI=1S/C13H9BrFNOS/c14-12-3-1-2-4-13(12)18(17)16-9-10-5-7-11(15)8-6-10/h1-9H. The van der Waals surface area contributed by atoms with Crippen molar-refractivity contribution in [3.63, 3.8) is 0 Å². The summed E-state index contributed by atoms with van der Waals surface area (Å²) in [6.45, 7) is 0. The molecule has 1 atom stereocenters. The van der Waals surface area contributed by atoms with E-state index in [9.17, 15) is 8.94 Å². The van der Waals surface area contributed by atoms with E-state index >= 15 is 0 Å². The third-order valence-corrected chi connectivity index (χ3v) is 4.18. The quantitative estimate of drug-likeness (QED) is 0.625. The Morgan fingerprint density at radius 1 is 1.11 bits per heavy atom. The van der Waals surface area contributed by atoms with E-state index in [1.165, 1.54) is 18.3 Å². The van der Waals surface area contributed by atoms with Gasteiger partial charge in [0.1, 0.15) is 17.2 Å². The Morgan fingerprint density at radius 2 is 1.78 bits per heavy atom. The van der Waals surface area contributed by atoms with Crippen molar-refractivity contribution in [2.45, 2.75) is 4.90 Å². The highest BCUT2D eigenvalue weighted by Gasteiger charge is 2.13. The smallest absolute Gasteiger partial charge is 0.196 e.